The Morgan fingerprint density at radius 1 is 1.02 bits per heavy atom. The van der Waals surface area contributed by atoms with Crippen molar-refractivity contribution in [3.63, 3.8) is 0 Å². The average Bonchev–Trinajstić information content (AvgIpc) is 3.59. The molecule has 1 unspecified atom stereocenters. The number of nitrogens with one attached hydrogen (secondary N) is 2. The van der Waals surface area contributed by atoms with E-state index >= 15 is 13.2 Å². The van der Waals surface area contributed by atoms with Crippen LogP contribution in [0.15, 0.2) is 48.2 Å². The first kappa shape index (κ1) is 40.6. The normalized spacial score (nSPS) is 14.4. The highest BCUT2D eigenvalue weighted by Crippen LogP contribution is 2.36. The fraction of sp³-hybridized carbons (Fsp3) is 0.378. The molecule has 12 nitrogen and oxygen atoms in total. The standard InChI is InChI=1S/C37H41ClF3N3O9/c1-7-51-35(47)25(17-43-28-15-29(26(39)12-21(28)19-45)42-16-20-8-9-22(49-5)13-30(20)50-6)33(46)24-14-27(40)34(31(38)32(24)41)52-23-10-11-44(18-23)36(48)53-37(2,3)4/h8-9,12-15,17,23,42-43,45H,7,10-11,16,18-19H2,1-6H3/b25-17+. The number of hydrogen-bond acceptors (Lipinski definition) is 11. The first-order valence-corrected chi connectivity index (χ1v) is 16.9. The van der Waals surface area contributed by atoms with Crippen molar-refractivity contribution in [3.8, 4) is 17.2 Å². The third-order valence-corrected chi connectivity index (χ3v) is 8.22. The van der Waals surface area contributed by atoms with Crippen molar-refractivity contribution in [3.05, 3.63) is 87.3 Å². The Bertz CT molecular complexity index is 1880. The summed E-state index contributed by atoms with van der Waals surface area (Å²) in [7, 11) is 2.98. The fourth-order valence-electron chi connectivity index (χ4n) is 5.26. The van der Waals surface area contributed by atoms with E-state index in [1.54, 1.807) is 39.0 Å². The summed E-state index contributed by atoms with van der Waals surface area (Å²) in [5, 5.41) is 14.7. The molecule has 0 radical (unpaired) electrons. The number of ketones is 1. The number of aliphatic hydroxyl groups is 1. The van der Waals surface area contributed by atoms with Gasteiger partial charge in [0.25, 0.3) is 0 Å². The summed E-state index contributed by atoms with van der Waals surface area (Å²) >= 11 is 6.18. The van der Waals surface area contributed by atoms with E-state index in [-0.39, 0.29) is 49.6 Å². The number of carbonyl (C=O) groups excluding carboxylic acids is 3. The van der Waals surface area contributed by atoms with Gasteiger partial charge in [-0.25, -0.2) is 22.8 Å². The van der Waals surface area contributed by atoms with E-state index in [0.717, 1.165) is 12.3 Å². The van der Waals surface area contributed by atoms with Crippen molar-refractivity contribution in [2.75, 3.05) is 44.5 Å². The minimum Gasteiger partial charge on any atom is -0.497 e. The Kier molecular flexibility index (Phi) is 13.5. The van der Waals surface area contributed by atoms with Crippen LogP contribution < -0.4 is 24.8 Å². The number of amides is 1. The molecule has 1 amide bonds. The molecule has 3 N–H and O–H groups in total. The number of likely N-dealkylation sites (tertiary alicyclic amines) is 1. The molecule has 16 heteroatoms. The van der Waals surface area contributed by atoms with Gasteiger partial charge in [0, 0.05) is 48.6 Å². The first-order valence-electron chi connectivity index (χ1n) is 16.5. The smallest absolute Gasteiger partial charge is 0.410 e. The van der Waals surface area contributed by atoms with Crippen molar-refractivity contribution in [2.45, 2.75) is 59.0 Å². The monoisotopic (exact) mass is 763 g/mol. The van der Waals surface area contributed by atoms with E-state index in [2.05, 4.69) is 10.6 Å². The maximum atomic E-state index is 15.7. The number of Topliss-reactive ketones (excluding diaryl/α,β-unsaturated/α-hetero) is 1. The van der Waals surface area contributed by atoms with Gasteiger partial charge < -0.3 is 44.3 Å². The van der Waals surface area contributed by atoms with Crippen LogP contribution >= 0.6 is 11.6 Å². The molecular weight excluding hydrogens is 723 g/mol. The Balaban J connectivity index is 1.59. The lowest BCUT2D eigenvalue weighted by atomic mass is 10.0. The Morgan fingerprint density at radius 3 is 2.40 bits per heavy atom. The number of carbonyl (C=O) groups is 3. The van der Waals surface area contributed by atoms with Gasteiger partial charge in [0.2, 0.25) is 5.78 Å². The molecule has 53 heavy (non-hydrogen) atoms. The number of esters is 1. The summed E-state index contributed by atoms with van der Waals surface area (Å²) in [6.07, 6.45) is -0.209. The SMILES string of the molecule is CCOC(=O)/C(=C/Nc1cc(NCc2ccc(OC)cc2OC)c(F)cc1CO)C(=O)c1cc(F)c(OC2CCN(C(=O)OC(C)(C)C)C2)c(Cl)c1F. The molecule has 4 rings (SSSR count). The minimum atomic E-state index is -1.37. The first-order chi connectivity index (χ1) is 25.1. The third kappa shape index (κ3) is 10.0. The van der Waals surface area contributed by atoms with Gasteiger partial charge in [-0.05, 0) is 58.0 Å². The molecular formula is C37H41ClF3N3O9. The summed E-state index contributed by atoms with van der Waals surface area (Å²) in [4.78, 5) is 40.4. The lowest BCUT2D eigenvalue weighted by molar-refractivity contribution is -0.138. The number of aliphatic hydroxyl groups excluding tert-OH is 1. The molecule has 3 aromatic carbocycles. The van der Waals surface area contributed by atoms with Crippen molar-refractivity contribution in [2.24, 2.45) is 0 Å². The van der Waals surface area contributed by atoms with Crippen LogP contribution in [-0.2, 0) is 27.4 Å². The summed E-state index contributed by atoms with van der Waals surface area (Å²) in [6, 6.07) is 7.96. The molecule has 1 saturated heterocycles. The summed E-state index contributed by atoms with van der Waals surface area (Å²) < 4.78 is 72.8. The molecule has 1 atom stereocenters. The Morgan fingerprint density at radius 2 is 1.75 bits per heavy atom. The number of hydrogen-bond donors (Lipinski definition) is 3. The second-order valence-corrected chi connectivity index (χ2v) is 13.1. The van der Waals surface area contributed by atoms with Crippen molar-refractivity contribution >= 4 is 40.8 Å². The molecule has 1 aliphatic rings. The fourth-order valence-corrected chi connectivity index (χ4v) is 5.50. The molecule has 0 aliphatic carbocycles. The average molecular weight is 764 g/mol. The van der Waals surface area contributed by atoms with Crippen LogP contribution in [0.3, 0.4) is 0 Å². The predicted octanol–water partition coefficient (Wildman–Crippen LogP) is 7.01. The van der Waals surface area contributed by atoms with Gasteiger partial charge in [-0.2, -0.15) is 0 Å². The van der Waals surface area contributed by atoms with Gasteiger partial charge in [0.15, 0.2) is 17.4 Å². The van der Waals surface area contributed by atoms with Crippen molar-refractivity contribution in [1.82, 2.24) is 4.90 Å². The zero-order valence-corrected chi connectivity index (χ0v) is 30.8. The zero-order chi connectivity index (χ0) is 39.0. The van der Waals surface area contributed by atoms with Crippen LogP contribution in [0.1, 0.15) is 55.6 Å². The number of halogens is 4. The lowest BCUT2D eigenvalue weighted by Gasteiger charge is -2.24. The highest BCUT2D eigenvalue weighted by atomic mass is 35.5. The highest BCUT2D eigenvalue weighted by Gasteiger charge is 2.34. The minimum absolute atomic E-state index is 0.0144. The maximum absolute atomic E-state index is 15.7. The molecule has 1 heterocycles. The zero-order valence-electron chi connectivity index (χ0n) is 30.0. The van der Waals surface area contributed by atoms with E-state index < -0.39 is 75.5 Å². The molecule has 286 valence electrons. The molecule has 0 saturated carbocycles. The lowest BCUT2D eigenvalue weighted by Crippen LogP contribution is -2.36. The molecule has 1 fully saturated rings. The second-order valence-electron chi connectivity index (χ2n) is 12.7. The van der Waals surface area contributed by atoms with Crippen LogP contribution in [0.25, 0.3) is 0 Å². The van der Waals surface area contributed by atoms with Gasteiger partial charge in [0.05, 0.1) is 45.2 Å². The molecule has 1 aliphatic heterocycles. The van der Waals surface area contributed by atoms with Gasteiger partial charge >= 0.3 is 12.1 Å². The topological polar surface area (TPSA) is 145 Å². The summed E-state index contributed by atoms with van der Waals surface area (Å²) in [5.74, 6) is -5.41. The van der Waals surface area contributed by atoms with Gasteiger partial charge in [0.1, 0.15) is 39.6 Å². The van der Waals surface area contributed by atoms with Crippen molar-refractivity contribution in [1.29, 1.82) is 0 Å². The van der Waals surface area contributed by atoms with E-state index in [9.17, 15) is 19.5 Å². The van der Waals surface area contributed by atoms with E-state index in [0.29, 0.717) is 23.1 Å². The number of rotatable bonds is 14. The van der Waals surface area contributed by atoms with Crippen LogP contribution in [0, 0.1) is 17.5 Å². The second kappa shape index (κ2) is 17.6. The number of ether oxygens (including phenoxy) is 5. The number of nitrogens with zero attached hydrogens (tertiary/aromatic N) is 1. The van der Waals surface area contributed by atoms with Crippen LogP contribution in [0.5, 0.6) is 17.2 Å². The van der Waals surface area contributed by atoms with Gasteiger partial charge in [-0.3, -0.25) is 4.79 Å². The van der Waals surface area contributed by atoms with Crippen molar-refractivity contribution < 1.29 is 56.3 Å². The quantitative estimate of drug-likeness (QED) is 0.0390. The molecule has 3 aromatic rings. The van der Waals surface area contributed by atoms with E-state index in [1.807, 2.05) is 0 Å². The predicted molar refractivity (Wildman–Crippen MR) is 190 cm³/mol. The van der Waals surface area contributed by atoms with Gasteiger partial charge in [-0.1, -0.05) is 11.6 Å². The van der Waals surface area contributed by atoms with Crippen LogP contribution in [0.4, 0.5) is 29.3 Å². The number of anilines is 2. The molecule has 0 spiro atoms. The summed E-state index contributed by atoms with van der Waals surface area (Å²) in [6.45, 7) is 6.15. The van der Waals surface area contributed by atoms with E-state index in [4.69, 9.17) is 35.3 Å². The van der Waals surface area contributed by atoms with Gasteiger partial charge in [-0.15, -0.1) is 0 Å². The number of methoxy groups -OCH3 is 2. The van der Waals surface area contributed by atoms with Crippen LogP contribution in [0.2, 0.25) is 5.02 Å². The molecule has 0 bridgehead atoms. The summed E-state index contributed by atoms with van der Waals surface area (Å²) in [5.41, 5.74) is -1.65. The Labute approximate surface area is 309 Å². The maximum Gasteiger partial charge on any atom is 0.410 e. The largest absolute Gasteiger partial charge is 0.497 e. The van der Waals surface area contributed by atoms with Crippen LogP contribution in [-0.4, -0.2) is 73.5 Å². The molecule has 0 aromatic heterocycles. The van der Waals surface area contributed by atoms with E-state index in [1.165, 1.54) is 32.1 Å². The third-order valence-electron chi connectivity index (χ3n) is 7.88. The Hall–Kier alpha value is -5.15. The number of benzene rings is 3. The highest BCUT2D eigenvalue weighted by molar-refractivity contribution is 6.33.